The number of methoxy groups -OCH3 is 1. The highest BCUT2D eigenvalue weighted by molar-refractivity contribution is 5.77. The van der Waals surface area contributed by atoms with Crippen molar-refractivity contribution in [3.05, 3.63) is 35.6 Å². The maximum absolute atomic E-state index is 14.0. The molecule has 11 heteroatoms. The molecule has 2 fully saturated rings. The molecule has 1 aromatic rings. The molecule has 0 saturated carbocycles. The van der Waals surface area contributed by atoms with Crippen LogP contribution >= 0.6 is 0 Å². The molecule has 2 aliphatic heterocycles. The largest absolute Gasteiger partial charge is 0.453 e. The average molecular weight is 522 g/mol. The number of nitrogens with zero attached hydrogens (tertiary/aromatic N) is 2. The van der Waals surface area contributed by atoms with Crippen molar-refractivity contribution in [1.29, 1.82) is 0 Å². The van der Waals surface area contributed by atoms with Crippen molar-refractivity contribution in [1.82, 2.24) is 25.8 Å². The summed E-state index contributed by atoms with van der Waals surface area (Å²) < 4.78 is 24.8. The molecule has 37 heavy (non-hydrogen) atoms. The minimum Gasteiger partial charge on any atom is -0.453 e. The van der Waals surface area contributed by atoms with Crippen LogP contribution in [0.1, 0.15) is 43.8 Å². The minimum absolute atomic E-state index is 0.0501. The number of carbonyl (C=O) groups is 3. The SMILES string of the molecule is CNCC(CN1CCCCC1=O)NC(=O)N1CCCC(C(OCCNC(=O)OC)c2cccc(F)c2)C1. The van der Waals surface area contributed by atoms with Gasteiger partial charge in [0.05, 0.1) is 25.9 Å². The van der Waals surface area contributed by atoms with Crippen LogP contribution in [-0.4, -0.2) is 93.9 Å². The van der Waals surface area contributed by atoms with Crippen molar-refractivity contribution in [2.75, 3.05) is 60.0 Å². The van der Waals surface area contributed by atoms with Gasteiger partial charge < -0.3 is 35.2 Å². The van der Waals surface area contributed by atoms with Gasteiger partial charge in [-0.05, 0) is 50.4 Å². The number of amides is 4. The van der Waals surface area contributed by atoms with Crippen molar-refractivity contribution < 1.29 is 28.2 Å². The van der Waals surface area contributed by atoms with Gasteiger partial charge in [0.2, 0.25) is 5.91 Å². The van der Waals surface area contributed by atoms with E-state index in [1.54, 1.807) is 11.0 Å². The maximum atomic E-state index is 14.0. The number of piperidine rings is 2. The Hall–Kier alpha value is -2.92. The second kappa shape index (κ2) is 14.7. The molecular weight excluding hydrogens is 481 g/mol. The number of halogens is 1. The highest BCUT2D eigenvalue weighted by Gasteiger charge is 2.32. The van der Waals surface area contributed by atoms with Crippen LogP contribution in [0.4, 0.5) is 14.0 Å². The van der Waals surface area contributed by atoms with E-state index < -0.39 is 12.2 Å². The van der Waals surface area contributed by atoms with Gasteiger partial charge in [-0.15, -0.1) is 0 Å². The molecule has 0 bridgehead atoms. The Balaban J connectivity index is 1.63. The minimum atomic E-state index is -0.547. The summed E-state index contributed by atoms with van der Waals surface area (Å²) in [6, 6.07) is 5.91. The standard InChI is InChI=1S/C26H40FN5O5/c1-28-16-22(18-31-12-4-3-10-23(31)33)30-25(34)32-13-6-8-20(17-32)24(19-7-5-9-21(27)15-19)37-14-11-29-26(35)36-2/h5,7,9,15,20,22,24,28H,3-4,6,8,10-14,16-18H2,1-2H3,(H,29,35)(H,30,34). The van der Waals surface area contributed by atoms with Gasteiger partial charge >= 0.3 is 12.1 Å². The van der Waals surface area contributed by atoms with Crippen LogP contribution in [0.25, 0.3) is 0 Å². The molecule has 10 nitrogen and oxygen atoms in total. The first kappa shape index (κ1) is 28.6. The van der Waals surface area contributed by atoms with Gasteiger partial charge in [-0.1, -0.05) is 12.1 Å². The zero-order valence-electron chi connectivity index (χ0n) is 21.8. The van der Waals surface area contributed by atoms with E-state index in [0.717, 1.165) is 32.2 Å². The summed E-state index contributed by atoms with van der Waals surface area (Å²) >= 11 is 0. The van der Waals surface area contributed by atoms with Crippen molar-refractivity contribution in [3.8, 4) is 0 Å². The Morgan fingerprint density at radius 3 is 2.78 bits per heavy atom. The Bertz CT molecular complexity index is 904. The van der Waals surface area contributed by atoms with Gasteiger partial charge in [-0.2, -0.15) is 0 Å². The van der Waals surface area contributed by atoms with E-state index in [9.17, 15) is 18.8 Å². The molecular formula is C26H40FN5O5. The fraction of sp³-hybridized carbons (Fsp3) is 0.654. The van der Waals surface area contributed by atoms with Gasteiger partial charge in [0, 0.05) is 51.6 Å². The summed E-state index contributed by atoms with van der Waals surface area (Å²) in [7, 11) is 3.11. The average Bonchev–Trinajstić information content (AvgIpc) is 2.90. The number of likely N-dealkylation sites (N-methyl/N-ethyl adjacent to an activating group) is 1. The number of urea groups is 1. The third-order valence-corrected chi connectivity index (χ3v) is 6.84. The first-order chi connectivity index (χ1) is 17.9. The smallest absolute Gasteiger partial charge is 0.406 e. The molecule has 2 aliphatic rings. The fourth-order valence-corrected chi connectivity index (χ4v) is 5.04. The number of ether oxygens (including phenoxy) is 2. The van der Waals surface area contributed by atoms with Gasteiger partial charge in [-0.3, -0.25) is 4.79 Å². The highest BCUT2D eigenvalue weighted by Crippen LogP contribution is 2.33. The molecule has 4 amide bonds. The predicted molar refractivity (Wildman–Crippen MR) is 136 cm³/mol. The molecule has 3 atom stereocenters. The van der Waals surface area contributed by atoms with Crippen LogP contribution < -0.4 is 16.0 Å². The number of alkyl carbamates (subject to hydrolysis) is 1. The molecule has 1 aromatic carbocycles. The number of hydrogen-bond donors (Lipinski definition) is 3. The van der Waals surface area contributed by atoms with E-state index in [-0.39, 0.29) is 42.9 Å². The molecule has 0 aliphatic carbocycles. The van der Waals surface area contributed by atoms with E-state index in [2.05, 4.69) is 20.7 Å². The zero-order chi connectivity index (χ0) is 26.6. The normalized spacial score (nSPS) is 19.8. The van der Waals surface area contributed by atoms with Crippen molar-refractivity contribution in [3.63, 3.8) is 0 Å². The van der Waals surface area contributed by atoms with E-state index in [1.807, 2.05) is 18.0 Å². The molecule has 3 unspecified atom stereocenters. The van der Waals surface area contributed by atoms with E-state index in [0.29, 0.717) is 38.2 Å². The molecule has 0 radical (unpaired) electrons. The fourth-order valence-electron chi connectivity index (χ4n) is 5.04. The number of hydrogen-bond acceptors (Lipinski definition) is 6. The summed E-state index contributed by atoms with van der Waals surface area (Å²) in [5.41, 5.74) is 0.696. The lowest BCUT2D eigenvalue weighted by atomic mass is 9.88. The molecule has 0 aromatic heterocycles. The van der Waals surface area contributed by atoms with Crippen LogP contribution in [0.2, 0.25) is 0 Å². The summed E-state index contributed by atoms with van der Waals surface area (Å²) in [6.45, 7) is 3.27. The van der Waals surface area contributed by atoms with Gasteiger partial charge in [-0.25, -0.2) is 14.0 Å². The van der Waals surface area contributed by atoms with Crippen molar-refractivity contribution >= 4 is 18.0 Å². The lowest BCUT2D eigenvalue weighted by molar-refractivity contribution is -0.133. The zero-order valence-corrected chi connectivity index (χ0v) is 21.8. The van der Waals surface area contributed by atoms with Crippen LogP contribution in [0, 0.1) is 11.7 Å². The number of nitrogens with one attached hydrogen (secondary N) is 3. The quantitative estimate of drug-likeness (QED) is 0.385. The van der Waals surface area contributed by atoms with E-state index >= 15 is 0 Å². The Morgan fingerprint density at radius 1 is 1.22 bits per heavy atom. The molecule has 3 N–H and O–H groups in total. The highest BCUT2D eigenvalue weighted by atomic mass is 19.1. The molecule has 2 heterocycles. The Labute approximate surface area is 218 Å². The topological polar surface area (TPSA) is 112 Å². The van der Waals surface area contributed by atoms with Crippen LogP contribution in [0.15, 0.2) is 24.3 Å². The number of likely N-dealkylation sites (tertiary alicyclic amines) is 2. The maximum Gasteiger partial charge on any atom is 0.406 e. The Morgan fingerprint density at radius 2 is 2.05 bits per heavy atom. The van der Waals surface area contributed by atoms with E-state index in [4.69, 9.17) is 4.74 Å². The van der Waals surface area contributed by atoms with Gasteiger partial charge in [0.1, 0.15) is 5.82 Å². The second-order valence-corrected chi connectivity index (χ2v) is 9.61. The third-order valence-electron chi connectivity index (χ3n) is 6.84. The number of benzene rings is 1. The van der Waals surface area contributed by atoms with Crippen molar-refractivity contribution in [2.24, 2.45) is 5.92 Å². The van der Waals surface area contributed by atoms with Crippen LogP contribution in [0.5, 0.6) is 0 Å². The summed E-state index contributed by atoms with van der Waals surface area (Å²) in [4.78, 5) is 40.5. The number of carbonyl (C=O) groups excluding carboxylic acids is 3. The molecule has 0 spiro atoms. The monoisotopic (exact) mass is 521 g/mol. The van der Waals surface area contributed by atoms with Crippen LogP contribution in [0.3, 0.4) is 0 Å². The van der Waals surface area contributed by atoms with Crippen molar-refractivity contribution in [2.45, 2.75) is 44.2 Å². The molecule has 3 rings (SSSR count). The molecule has 206 valence electrons. The summed E-state index contributed by atoms with van der Waals surface area (Å²) in [5.74, 6) is -0.270. The number of rotatable bonds is 11. The van der Waals surface area contributed by atoms with E-state index in [1.165, 1.54) is 19.2 Å². The summed E-state index contributed by atoms with van der Waals surface area (Å²) in [6.07, 6.45) is 3.08. The summed E-state index contributed by atoms with van der Waals surface area (Å²) in [5, 5.41) is 8.79. The first-order valence-corrected chi connectivity index (χ1v) is 13.1. The lowest BCUT2D eigenvalue weighted by Crippen LogP contribution is -2.55. The van der Waals surface area contributed by atoms with Crippen LogP contribution in [-0.2, 0) is 14.3 Å². The van der Waals surface area contributed by atoms with Gasteiger partial charge in [0.15, 0.2) is 0 Å². The van der Waals surface area contributed by atoms with Gasteiger partial charge in [0.25, 0.3) is 0 Å². The lowest BCUT2D eigenvalue weighted by Gasteiger charge is -2.38. The third kappa shape index (κ3) is 8.85. The Kier molecular flexibility index (Phi) is 11.4. The second-order valence-electron chi connectivity index (χ2n) is 9.61. The first-order valence-electron chi connectivity index (χ1n) is 13.1. The predicted octanol–water partition coefficient (Wildman–Crippen LogP) is 2.26. The molecule has 2 saturated heterocycles.